The van der Waals surface area contributed by atoms with Crippen molar-refractivity contribution < 1.29 is 9.32 Å². The Morgan fingerprint density at radius 2 is 2.00 bits per heavy atom. The van der Waals surface area contributed by atoms with Crippen LogP contribution in [-0.2, 0) is 6.42 Å². The van der Waals surface area contributed by atoms with Gasteiger partial charge in [-0.2, -0.15) is 0 Å². The number of amides is 1. The van der Waals surface area contributed by atoms with E-state index < -0.39 is 0 Å². The predicted molar refractivity (Wildman–Crippen MR) is 74.4 cm³/mol. The predicted octanol–water partition coefficient (Wildman–Crippen LogP) is 3.61. The lowest BCUT2D eigenvalue weighted by molar-refractivity contribution is 0.102. The Labute approximate surface area is 112 Å². The molecule has 0 saturated heterocycles. The summed E-state index contributed by atoms with van der Waals surface area (Å²) in [5.41, 5.74) is 2.12. The van der Waals surface area contributed by atoms with Crippen LogP contribution in [0.4, 0.5) is 5.69 Å². The molecule has 0 unspecified atom stereocenters. The number of aromatic nitrogens is 1. The summed E-state index contributed by atoms with van der Waals surface area (Å²) in [7, 11) is 0. The van der Waals surface area contributed by atoms with Gasteiger partial charge in [0.05, 0.1) is 0 Å². The van der Waals surface area contributed by atoms with E-state index in [1.54, 1.807) is 12.1 Å². The topological polar surface area (TPSA) is 55.1 Å². The van der Waals surface area contributed by atoms with Crippen LogP contribution in [-0.4, -0.2) is 11.1 Å². The SMILES string of the molecule is CCc1noc(C(C)C)c1NC(=O)c1ccccc1. The number of anilines is 1. The van der Waals surface area contributed by atoms with E-state index in [0.717, 1.165) is 17.9 Å². The van der Waals surface area contributed by atoms with E-state index in [1.165, 1.54) is 0 Å². The van der Waals surface area contributed by atoms with Gasteiger partial charge in [-0.1, -0.05) is 44.1 Å². The first-order valence-electron chi connectivity index (χ1n) is 6.48. The molecule has 1 amide bonds. The fraction of sp³-hybridized carbons (Fsp3) is 0.333. The second-order valence-electron chi connectivity index (χ2n) is 4.70. The number of hydrogen-bond acceptors (Lipinski definition) is 3. The van der Waals surface area contributed by atoms with Crippen LogP contribution in [0.5, 0.6) is 0 Å². The average Bonchev–Trinajstić information content (AvgIpc) is 2.82. The van der Waals surface area contributed by atoms with Crippen molar-refractivity contribution in [2.24, 2.45) is 0 Å². The van der Waals surface area contributed by atoms with Gasteiger partial charge in [0.2, 0.25) is 0 Å². The van der Waals surface area contributed by atoms with Crippen molar-refractivity contribution in [1.29, 1.82) is 0 Å². The van der Waals surface area contributed by atoms with Gasteiger partial charge in [0.1, 0.15) is 11.4 Å². The van der Waals surface area contributed by atoms with Crippen LogP contribution >= 0.6 is 0 Å². The molecule has 1 N–H and O–H groups in total. The smallest absolute Gasteiger partial charge is 0.255 e. The van der Waals surface area contributed by atoms with Gasteiger partial charge < -0.3 is 9.84 Å². The monoisotopic (exact) mass is 258 g/mol. The highest BCUT2D eigenvalue weighted by Gasteiger charge is 2.20. The van der Waals surface area contributed by atoms with Crippen LogP contribution < -0.4 is 5.32 Å². The van der Waals surface area contributed by atoms with Gasteiger partial charge in [0.25, 0.3) is 5.91 Å². The number of benzene rings is 1. The number of carbonyl (C=O) groups is 1. The molecule has 0 bridgehead atoms. The average molecular weight is 258 g/mol. The zero-order valence-electron chi connectivity index (χ0n) is 11.4. The lowest BCUT2D eigenvalue weighted by atomic mass is 10.1. The zero-order valence-corrected chi connectivity index (χ0v) is 11.4. The minimum atomic E-state index is -0.139. The molecule has 2 aromatic rings. The van der Waals surface area contributed by atoms with Gasteiger partial charge >= 0.3 is 0 Å². The second-order valence-corrected chi connectivity index (χ2v) is 4.70. The molecule has 0 radical (unpaired) electrons. The molecule has 2 rings (SSSR count). The Balaban J connectivity index is 2.28. The molecular weight excluding hydrogens is 240 g/mol. The number of hydrogen-bond donors (Lipinski definition) is 1. The van der Waals surface area contributed by atoms with Crippen molar-refractivity contribution in [1.82, 2.24) is 5.16 Å². The highest BCUT2D eigenvalue weighted by molar-refractivity contribution is 6.04. The highest BCUT2D eigenvalue weighted by atomic mass is 16.5. The largest absolute Gasteiger partial charge is 0.359 e. The lowest BCUT2D eigenvalue weighted by Crippen LogP contribution is -2.13. The summed E-state index contributed by atoms with van der Waals surface area (Å²) < 4.78 is 5.32. The first kappa shape index (κ1) is 13.3. The number of aryl methyl sites for hydroxylation is 1. The van der Waals surface area contributed by atoms with E-state index in [4.69, 9.17) is 4.52 Å². The summed E-state index contributed by atoms with van der Waals surface area (Å²) in [5, 5.41) is 6.93. The molecule has 4 nitrogen and oxygen atoms in total. The molecule has 0 fully saturated rings. The fourth-order valence-electron chi connectivity index (χ4n) is 1.88. The van der Waals surface area contributed by atoms with Crippen molar-refractivity contribution in [3.05, 3.63) is 47.3 Å². The summed E-state index contributed by atoms with van der Waals surface area (Å²) in [6.07, 6.45) is 0.723. The van der Waals surface area contributed by atoms with Crippen LogP contribution in [0.1, 0.15) is 48.5 Å². The first-order chi connectivity index (χ1) is 9.13. The van der Waals surface area contributed by atoms with Crippen molar-refractivity contribution >= 4 is 11.6 Å². The molecule has 1 aromatic carbocycles. The van der Waals surface area contributed by atoms with E-state index in [9.17, 15) is 4.79 Å². The molecule has 0 aliphatic carbocycles. The lowest BCUT2D eigenvalue weighted by Gasteiger charge is -2.08. The van der Waals surface area contributed by atoms with Gasteiger partial charge in [-0.25, -0.2) is 0 Å². The van der Waals surface area contributed by atoms with Gasteiger partial charge in [-0.3, -0.25) is 4.79 Å². The molecule has 100 valence electrons. The third-order valence-corrected chi connectivity index (χ3v) is 2.92. The molecule has 0 aliphatic rings. The molecule has 1 heterocycles. The summed E-state index contributed by atoms with van der Waals surface area (Å²) in [6, 6.07) is 9.12. The Kier molecular flexibility index (Phi) is 4.00. The zero-order chi connectivity index (χ0) is 13.8. The standard InChI is InChI=1S/C15H18N2O2/c1-4-12-13(14(10(2)3)19-17-12)16-15(18)11-8-6-5-7-9-11/h5-10H,4H2,1-3H3,(H,16,18). The number of rotatable bonds is 4. The molecule has 1 aromatic heterocycles. The van der Waals surface area contributed by atoms with E-state index in [1.807, 2.05) is 39.0 Å². The minimum Gasteiger partial charge on any atom is -0.359 e. The van der Waals surface area contributed by atoms with E-state index in [0.29, 0.717) is 11.3 Å². The van der Waals surface area contributed by atoms with Crippen LogP contribution in [0.25, 0.3) is 0 Å². The van der Waals surface area contributed by atoms with Crippen molar-refractivity contribution in [2.45, 2.75) is 33.1 Å². The van der Waals surface area contributed by atoms with Crippen LogP contribution in [0.3, 0.4) is 0 Å². The fourth-order valence-corrected chi connectivity index (χ4v) is 1.88. The Bertz CT molecular complexity index is 559. The van der Waals surface area contributed by atoms with E-state index >= 15 is 0 Å². The van der Waals surface area contributed by atoms with Crippen LogP contribution in [0, 0.1) is 0 Å². The Morgan fingerprint density at radius 1 is 1.32 bits per heavy atom. The third kappa shape index (κ3) is 2.84. The molecule has 4 heteroatoms. The van der Waals surface area contributed by atoms with Gasteiger partial charge in [-0.05, 0) is 18.6 Å². The second kappa shape index (κ2) is 5.69. The van der Waals surface area contributed by atoms with Gasteiger partial charge in [-0.15, -0.1) is 0 Å². The highest BCUT2D eigenvalue weighted by Crippen LogP contribution is 2.28. The van der Waals surface area contributed by atoms with Gasteiger partial charge in [0.15, 0.2) is 5.76 Å². The maximum absolute atomic E-state index is 12.2. The van der Waals surface area contributed by atoms with Crippen LogP contribution in [0.15, 0.2) is 34.9 Å². The van der Waals surface area contributed by atoms with E-state index in [-0.39, 0.29) is 11.8 Å². The van der Waals surface area contributed by atoms with E-state index in [2.05, 4.69) is 10.5 Å². The van der Waals surface area contributed by atoms with Gasteiger partial charge in [0, 0.05) is 11.5 Å². The molecule has 0 atom stereocenters. The Hall–Kier alpha value is -2.10. The summed E-state index contributed by atoms with van der Waals surface area (Å²) in [4.78, 5) is 12.2. The molecule has 19 heavy (non-hydrogen) atoms. The summed E-state index contributed by atoms with van der Waals surface area (Å²) >= 11 is 0. The molecule has 0 aliphatic heterocycles. The first-order valence-corrected chi connectivity index (χ1v) is 6.48. The van der Waals surface area contributed by atoms with Crippen molar-refractivity contribution in [3.63, 3.8) is 0 Å². The van der Waals surface area contributed by atoms with Crippen molar-refractivity contribution in [2.75, 3.05) is 5.32 Å². The number of nitrogens with one attached hydrogen (secondary N) is 1. The summed E-state index contributed by atoms with van der Waals surface area (Å²) in [5.74, 6) is 0.764. The molecule has 0 saturated carbocycles. The normalized spacial score (nSPS) is 10.7. The number of carbonyl (C=O) groups excluding carboxylic acids is 1. The Morgan fingerprint density at radius 3 is 2.58 bits per heavy atom. The van der Waals surface area contributed by atoms with Crippen molar-refractivity contribution in [3.8, 4) is 0 Å². The van der Waals surface area contributed by atoms with Crippen LogP contribution in [0.2, 0.25) is 0 Å². The quantitative estimate of drug-likeness (QED) is 0.911. The maximum Gasteiger partial charge on any atom is 0.255 e. The molecule has 0 spiro atoms. The number of nitrogens with zero attached hydrogens (tertiary/aromatic N) is 1. The molecular formula is C15H18N2O2. The summed E-state index contributed by atoms with van der Waals surface area (Å²) in [6.45, 7) is 6.01. The third-order valence-electron chi connectivity index (χ3n) is 2.92. The maximum atomic E-state index is 12.2. The minimum absolute atomic E-state index is 0.139.